The zero-order valence-electron chi connectivity index (χ0n) is 18.2. The SMILES string of the molecule is Cc1cccnc1N1CCN(C2C(C)(C)C(O)(c3ccc(O)cc3)C2(C)C)CC1. The molecule has 0 amide bonds. The Kier molecular flexibility index (Phi) is 4.67. The molecule has 5 nitrogen and oxygen atoms in total. The molecule has 2 aromatic rings. The molecular weight excluding hydrogens is 362 g/mol. The second kappa shape index (κ2) is 6.71. The number of phenols is 1. The minimum Gasteiger partial charge on any atom is -0.508 e. The number of hydrogen-bond acceptors (Lipinski definition) is 5. The summed E-state index contributed by atoms with van der Waals surface area (Å²) < 4.78 is 0. The van der Waals surface area contributed by atoms with E-state index in [-0.39, 0.29) is 22.6 Å². The lowest BCUT2D eigenvalue weighted by Crippen LogP contribution is -2.79. The van der Waals surface area contributed by atoms with Crippen molar-refractivity contribution in [3.05, 3.63) is 53.7 Å². The molecular formula is C24H33N3O2. The van der Waals surface area contributed by atoms with Crippen LogP contribution in [0.5, 0.6) is 5.75 Å². The first-order valence-corrected chi connectivity index (χ1v) is 10.5. The van der Waals surface area contributed by atoms with E-state index >= 15 is 0 Å². The van der Waals surface area contributed by atoms with Gasteiger partial charge in [-0.25, -0.2) is 4.98 Å². The molecule has 0 unspecified atom stereocenters. The van der Waals surface area contributed by atoms with Crippen LogP contribution in [0.3, 0.4) is 0 Å². The van der Waals surface area contributed by atoms with Gasteiger partial charge in [-0.15, -0.1) is 0 Å². The van der Waals surface area contributed by atoms with Crippen LogP contribution in [0.1, 0.15) is 38.8 Å². The van der Waals surface area contributed by atoms with Gasteiger partial charge < -0.3 is 15.1 Å². The Balaban J connectivity index is 1.54. The maximum atomic E-state index is 11.9. The monoisotopic (exact) mass is 395 g/mol. The number of rotatable bonds is 3. The summed E-state index contributed by atoms with van der Waals surface area (Å²) in [7, 11) is 0. The third kappa shape index (κ3) is 2.78. The number of aliphatic hydroxyl groups is 1. The highest BCUT2D eigenvalue weighted by molar-refractivity contribution is 5.46. The Bertz CT molecular complexity index is 867. The van der Waals surface area contributed by atoms with E-state index in [4.69, 9.17) is 0 Å². The van der Waals surface area contributed by atoms with Crippen LogP contribution in [0.2, 0.25) is 0 Å². The van der Waals surface area contributed by atoms with E-state index in [9.17, 15) is 10.2 Å². The first kappa shape index (κ1) is 20.2. The maximum Gasteiger partial charge on any atom is 0.131 e. The fourth-order valence-electron chi connectivity index (χ4n) is 6.41. The average molecular weight is 396 g/mol. The Morgan fingerprint density at radius 3 is 2.07 bits per heavy atom. The average Bonchev–Trinajstić information content (AvgIpc) is 2.68. The summed E-state index contributed by atoms with van der Waals surface area (Å²) in [6.45, 7) is 14.6. The van der Waals surface area contributed by atoms with Crippen molar-refractivity contribution >= 4 is 5.82 Å². The molecule has 4 rings (SSSR count). The fourth-order valence-corrected chi connectivity index (χ4v) is 6.41. The zero-order chi connectivity index (χ0) is 21.0. The second-order valence-corrected chi connectivity index (χ2v) is 9.77. The van der Waals surface area contributed by atoms with Gasteiger partial charge in [-0.1, -0.05) is 45.9 Å². The van der Waals surface area contributed by atoms with Gasteiger partial charge in [-0.2, -0.15) is 0 Å². The van der Waals surface area contributed by atoms with Crippen LogP contribution in [-0.2, 0) is 5.60 Å². The molecule has 2 fully saturated rings. The number of piperazine rings is 1. The molecule has 0 radical (unpaired) electrons. The molecule has 156 valence electrons. The van der Waals surface area contributed by atoms with E-state index in [2.05, 4.69) is 55.5 Å². The Morgan fingerprint density at radius 1 is 0.931 bits per heavy atom. The highest BCUT2D eigenvalue weighted by Gasteiger charge is 2.73. The molecule has 1 aromatic carbocycles. The van der Waals surface area contributed by atoms with Crippen LogP contribution in [-0.4, -0.2) is 52.3 Å². The van der Waals surface area contributed by atoms with Gasteiger partial charge >= 0.3 is 0 Å². The molecule has 0 atom stereocenters. The lowest BCUT2D eigenvalue weighted by Gasteiger charge is -2.72. The van der Waals surface area contributed by atoms with Crippen LogP contribution in [0, 0.1) is 17.8 Å². The lowest BCUT2D eigenvalue weighted by atomic mass is 9.39. The summed E-state index contributed by atoms with van der Waals surface area (Å²) in [4.78, 5) is 9.50. The van der Waals surface area contributed by atoms with Gasteiger partial charge in [0.2, 0.25) is 0 Å². The summed E-state index contributed by atoms with van der Waals surface area (Å²) in [6.07, 6.45) is 1.87. The number of pyridine rings is 1. The van der Waals surface area contributed by atoms with Gasteiger partial charge in [0.15, 0.2) is 0 Å². The molecule has 1 saturated heterocycles. The number of anilines is 1. The number of aromatic nitrogens is 1. The van der Waals surface area contributed by atoms with Gasteiger partial charge in [0.25, 0.3) is 0 Å². The van der Waals surface area contributed by atoms with Gasteiger partial charge in [-0.3, -0.25) is 4.90 Å². The van der Waals surface area contributed by atoms with E-state index in [1.807, 2.05) is 24.4 Å². The number of hydrogen-bond donors (Lipinski definition) is 2. The van der Waals surface area contributed by atoms with Crippen molar-refractivity contribution in [1.82, 2.24) is 9.88 Å². The van der Waals surface area contributed by atoms with Gasteiger partial charge in [0.1, 0.15) is 17.2 Å². The van der Waals surface area contributed by atoms with Gasteiger partial charge in [0, 0.05) is 49.2 Å². The number of benzene rings is 1. The summed E-state index contributed by atoms with van der Waals surface area (Å²) in [5.41, 5.74) is 0.524. The Hall–Kier alpha value is -2.11. The third-order valence-corrected chi connectivity index (χ3v) is 7.48. The van der Waals surface area contributed by atoms with Crippen molar-refractivity contribution in [3.8, 4) is 5.75 Å². The third-order valence-electron chi connectivity index (χ3n) is 7.48. The first-order chi connectivity index (χ1) is 13.6. The zero-order valence-corrected chi connectivity index (χ0v) is 18.2. The van der Waals surface area contributed by atoms with E-state index < -0.39 is 5.60 Å². The summed E-state index contributed by atoms with van der Waals surface area (Å²) in [5, 5.41) is 21.5. The fraction of sp³-hybridized carbons (Fsp3) is 0.542. The summed E-state index contributed by atoms with van der Waals surface area (Å²) in [5.74, 6) is 1.31. The maximum absolute atomic E-state index is 11.9. The van der Waals surface area contributed by atoms with Crippen LogP contribution < -0.4 is 4.90 Å². The first-order valence-electron chi connectivity index (χ1n) is 10.5. The molecule has 1 saturated carbocycles. The smallest absolute Gasteiger partial charge is 0.131 e. The molecule has 1 aliphatic carbocycles. The second-order valence-electron chi connectivity index (χ2n) is 9.77. The number of nitrogens with zero attached hydrogens (tertiary/aromatic N) is 3. The van der Waals surface area contributed by atoms with Crippen LogP contribution in [0.25, 0.3) is 0 Å². The van der Waals surface area contributed by atoms with E-state index in [1.54, 1.807) is 12.1 Å². The van der Waals surface area contributed by atoms with Gasteiger partial charge in [-0.05, 0) is 36.2 Å². The Morgan fingerprint density at radius 2 is 1.52 bits per heavy atom. The molecule has 2 aliphatic rings. The van der Waals surface area contributed by atoms with Crippen molar-refractivity contribution in [2.24, 2.45) is 10.8 Å². The highest BCUT2D eigenvalue weighted by atomic mass is 16.3. The molecule has 0 spiro atoms. The van der Waals surface area contributed by atoms with E-state index in [1.165, 1.54) is 5.56 Å². The predicted octanol–water partition coefficient (Wildman–Crippen LogP) is 3.54. The highest BCUT2D eigenvalue weighted by Crippen LogP contribution is 2.68. The molecule has 5 heteroatoms. The molecule has 0 bridgehead atoms. The largest absolute Gasteiger partial charge is 0.508 e. The van der Waals surface area contributed by atoms with Crippen molar-refractivity contribution < 1.29 is 10.2 Å². The van der Waals surface area contributed by atoms with Crippen molar-refractivity contribution in [2.75, 3.05) is 31.1 Å². The minimum absolute atomic E-state index is 0.227. The number of aryl methyl sites for hydroxylation is 1. The molecule has 1 aliphatic heterocycles. The van der Waals surface area contributed by atoms with Gasteiger partial charge in [0.05, 0.1) is 0 Å². The van der Waals surface area contributed by atoms with Crippen LogP contribution in [0.4, 0.5) is 5.82 Å². The van der Waals surface area contributed by atoms with Crippen LogP contribution in [0.15, 0.2) is 42.6 Å². The summed E-state index contributed by atoms with van der Waals surface area (Å²) in [6, 6.07) is 11.4. The molecule has 29 heavy (non-hydrogen) atoms. The number of aromatic hydroxyl groups is 1. The van der Waals surface area contributed by atoms with E-state index in [0.29, 0.717) is 0 Å². The van der Waals surface area contributed by atoms with Crippen molar-refractivity contribution in [3.63, 3.8) is 0 Å². The lowest BCUT2D eigenvalue weighted by molar-refractivity contribution is -0.307. The van der Waals surface area contributed by atoms with E-state index in [0.717, 1.165) is 37.6 Å². The standard InChI is InChI=1S/C24H33N3O2/c1-17-7-6-12-25-20(17)26-13-15-27(16-14-26)21-22(2,3)24(29,23(21,4)5)18-8-10-19(28)11-9-18/h6-12,21,28-29H,13-16H2,1-5H3. The van der Waals surface area contributed by atoms with Crippen molar-refractivity contribution in [2.45, 2.75) is 46.3 Å². The predicted molar refractivity (Wildman–Crippen MR) is 116 cm³/mol. The van der Waals surface area contributed by atoms with Crippen molar-refractivity contribution in [1.29, 1.82) is 0 Å². The number of phenolic OH excluding ortho intramolecular Hbond substituents is 1. The minimum atomic E-state index is -0.951. The molecule has 2 N–H and O–H groups in total. The Labute approximate surface area is 174 Å². The van der Waals surface area contributed by atoms with Crippen LogP contribution >= 0.6 is 0 Å². The topological polar surface area (TPSA) is 59.8 Å². The molecule has 1 aromatic heterocycles. The summed E-state index contributed by atoms with van der Waals surface area (Å²) >= 11 is 0. The normalized spacial score (nSPS) is 28.8. The molecule has 2 heterocycles. The quantitative estimate of drug-likeness (QED) is 0.832.